The number of rotatable bonds is 8. The lowest BCUT2D eigenvalue weighted by Crippen LogP contribution is -2.28. The Morgan fingerprint density at radius 2 is 1.22 bits per heavy atom. The van der Waals surface area contributed by atoms with E-state index in [4.69, 9.17) is 0 Å². The van der Waals surface area contributed by atoms with E-state index in [2.05, 4.69) is 27.3 Å². The predicted molar refractivity (Wildman–Crippen MR) is 67.1 cm³/mol. The molecule has 12 nitrogen and oxygen atoms in total. The maximum atomic E-state index is 11.6. The molecule has 23 heavy (non-hydrogen) atoms. The van der Waals surface area contributed by atoms with Crippen molar-refractivity contribution in [1.29, 1.82) is 0 Å². The number of hydrogen-bond donors (Lipinski definition) is 0. The zero-order valence-corrected chi connectivity index (χ0v) is 13.0. The molecule has 2 rings (SSSR count). The number of cyclic esters (lactones) is 4. The molecule has 0 aliphatic carbocycles. The van der Waals surface area contributed by atoms with Crippen molar-refractivity contribution in [2.24, 2.45) is 0 Å². The average molecular weight is 376 g/mol. The maximum absolute atomic E-state index is 11.6. The summed E-state index contributed by atoms with van der Waals surface area (Å²) >= 11 is 0. The van der Waals surface area contributed by atoms with Gasteiger partial charge in [0.05, 0.1) is 0 Å². The van der Waals surface area contributed by atoms with Crippen LogP contribution in [0.15, 0.2) is 0 Å². The van der Waals surface area contributed by atoms with Gasteiger partial charge in [0.15, 0.2) is 12.2 Å². The first-order valence-electron chi connectivity index (χ1n) is 6.06. The van der Waals surface area contributed by atoms with Crippen molar-refractivity contribution in [3.05, 3.63) is 0 Å². The van der Waals surface area contributed by atoms with Crippen LogP contribution in [0.3, 0.4) is 0 Å². The zero-order valence-electron chi connectivity index (χ0n) is 11.4. The van der Waals surface area contributed by atoms with Crippen LogP contribution in [-0.2, 0) is 47.5 Å². The van der Waals surface area contributed by atoms with E-state index < -0.39 is 63.1 Å². The van der Waals surface area contributed by atoms with Gasteiger partial charge in [-0.2, -0.15) is 16.8 Å². The first-order chi connectivity index (χ1) is 10.7. The minimum absolute atomic E-state index is 0.204. The summed E-state index contributed by atoms with van der Waals surface area (Å²) in [5, 5.41) is -1.46. The molecule has 0 aromatic rings. The van der Waals surface area contributed by atoms with E-state index in [1.54, 1.807) is 0 Å². The van der Waals surface area contributed by atoms with Crippen LogP contribution in [0.25, 0.3) is 0 Å². The van der Waals surface area contributed by atoms with Crippen LogP contribution in [0.5, 0.6) is 0 Å². The molecule has 2 heterocycles. The lowest BCUT2D eigenvalue weighted by molar-refractivity contribution is 0.0991. The van der Waals surface area contributed by atoms with Gasteiger partial charge in [0.1, 0.15) is 26.4 Å². The van der Waals surface area contributed by atoms with Crippen molar-refractivity contribution in [3.63, 3.8) is 0 Å². The molecule has 0 N–H and O–H groups in total. The Labute approximate surface area is 130 Å². The minimum Gasteiger partial charge on any atom is -0.430 e. The van der Waals surface area contributed by atoms with Crippen LogP contribution in [0.1, 0.15) is 0 Å². The Morgan fingerprint density at radius 1 is 0.826 bits per heavy atom. The lowest BCUT2D eigenvalue weighted by atomic mass is 10.4. The van der Waals surface area contributed by atoms with Crippen molar-refractivity contribution in [3.8, 4) is 0 Å². The molecule has 0 saturated carbocycles. The summed E-state index contributed by atoms with van der Waals surface area (Å²) in [5.74, 6) is 0. The van der Waals surface area contributed by atoms with Crippen LogP contribution >= 0.6 is 0 Å². The molecule has 2 unspecified atom stereocenters. The molecule has 0 aromatic heterocycles. The highest BCUT2D eigenvalue weighted by atomic mass is 32.3. The highest BCUT2D eigenvalue weighted by Gasteiger charge is 2.32. The fraction of sp³-hybridized carbons (Fsp3) is 0.778. The smallest absolute Gasteiger partial charge is 0.430 e. The molecule has 0 aromatic carbocycles. The van der Waals surface area contributed by atoms with Crippen LogP contribution in [-0.4, -0.2) is 72.9 Å². The molecule has 14 heteroatoms. The van der Waals surface area contributed by atoms with E-state index >= 15 is 0 Å². The Morgan fingerprint density at radius 3 is 1.52 bits per heavy atom. The fourth-order valence-electron chi connectivity index (χ4n) is 1.50. The highest BCUT2D eigenvalue weighted by Crippen LogP contribution is 2.11. The second-order valence-electron chi connectivity index (χ2n) is 4.40. The van der Waals surface area contributed by atoms with E-state index in [1.807, 2.05) is 0 Å². The third-order valence-electron chi connectivity index (χ3n) is 2.46. The van der Waals surface area contributed by atoms with Crippen molar-refractivity contribution >= 4 is 32.5 Å². The topological polar surface area (TPSA) is 158 Å². The predicted octanol–water partition coefficient (Wildman–Crippen LogP) is -1.29. The van der Waals surface area contributed by atoms with Crippen LogP contribution in [0, 0.1) is 0 Å². The molecule has 0 spiro atoms. The van der Waals surface area contributed by atoms with Gasteiger partial charge in [-0.15, -0.1) is 0 Å². The van der Waals surface area contributed by atoms with Gasteiger partial charge in [0.2, 0.25) is 5.08 Å². The average Bonchev–Trinajstić information content (AvgIpc) is 3.02. The second-order valence-corrected chi connectivity index (χ2v) is 8.05. The SMILES string of the molecule is O=C1OCC(COS(=O)(=O)CS(=O)(=O)OCC2COC(=O)O2)O1. The van der Waals surface area contributed by atoms with Gasteiger partial charge in [0, 0.05) is 0 Å². The first kappa shape index (κ1) is 17.7. The van der Waals surface area contributed by atoms with Gasteiger partial charge >= 0.3 is 12.3 Å². The Kier molecular flexibility index (Phi) is 5.28. The lowest BCUT2D eigenvalue weighted by Gasteiger charge is -2.10. The summed E-state index contributed by atoms with van der Waals surface area (Å²) < 4.78 is 72.9. The van der Waals surface area contributed by atoms with Crippen LogP contribution < -0.4 is 0 Å². The molecule has 2 aliphatic heterocycles. The molecule has 2 fully saturated rings. The van der Waals surface area contributed by atoms with Gasteiger partial charge in [-0.3, -0.25) is 8.37 Å². The fourth-order valence-corrected chi connectivity index (χ4v) is 4.18. The Balaban J connectivity index is 1.78. The summed E-state index contributed by atoms with van der Waals surface area (Å²) in [6, 6.07) is 0. The number of carbonyl (C=O) groups excluding carboxylic acids is 2. The molecule has 0 bridgehead atoms. The summed E-state index contributed by atoms with van der Waals surface area (Å²) in [5.41, 5.74) is 0. The summed E-state index contributed by atoms with van der Waals surface area (Å²) in [4.78, 5) is 21.3. The highest BCUT2D eigenvalue weighted by molar-refractivity contribution is 8.03. The number of carbonyl (C=O) groups is 2. The monoisotopic (exact) mass is 376 g/mol. The van der Waals surface area contributed by atoms with Crippen molar-refractivity contribution < 1.29 is 53.7 Å². The van der Waals surface area contributed by atoms with Crippen molar-refractivity contribution in [2.75, 3.05) is 31.5 Å². The van der Waals surface area contributed by atoms with Gasteiger partial charge in [0.25, 0.3) is 20.2 Å². The van der Waals surface area contributed by atoms with E-state index in [0.29, 0.717) is 0 Å². The number of ether oxygens (including phenoxy) is 4. The van der Waals surface area contributed by atoms with Crippen LogP contribution in [0.2, 0.25) is 0 Å². The second kappa shape index (κ2) is 6.86. The Bertz CT molecular complexity index is 607. The third-order valence-corrected chi connectivity index (χ3v) is 5.76. The molecule has 132 valence electrons. The third kappa shape index (κ3) is 5.81. The largest absolute Gasteiger partial charge is 0.508 e. The summed E-state index contributed by atoms with van der Waals surface area (Å²) in [6.45, 7) is -1.58. The van der Waals surface area contributed by atoms with Gasteiger partial charge in [-0.05, 0) is 0 Å². The van der Waals surface area contributed by atoms with E-state index in [9.17, 15) is 26.4 Å². The van der Waals surface area contributed by atoms with Crippen LogP contribution in [0.4, 0.5) is 9.59 Å². The van der Waals surface area contributed by atoms with Gasteiger partial charge in [-0.25, -0.2) is 9.59 Å². The van der Waals surface area contributed by atoms with E-state index in [0.717, 1.165) is 0 Å². The van der Waals surface area contributed by atoms with Crippen molar-refractivity contribution in [1.82, 2.24) is 0 Å². The van der Waals surface area contributed by atoms with E-state index in [-0.39, 0.29) is 13.2 Å². The standard InChI is InChI=1S/C9H12O12S2/c10-8-16-1-6(20-8)3-18-22(12,13)5-23(14,15)19-4-7-2-17-9(11)21-7/h6-7H,1-5H2. The molecular weight excluding hydrogens is 364 g/mol. The molecular formula is C9H12O12S2. The molecule has 2 atom stereocenters. The first-order valence-corrected chi connectivity index (χ1v) is 9.22. The Hall–Kier alpha value is -1.64. The van der Waals surface area contributed by atoms with Gasteiger partial charge < -0.3 is 18.9 Å². The van der Waals surface area contributed by atoms with E-state index in [1.165, 1.54) is 0 Å². The quantitative estimate of drug-likeness (QED) is 0.365. The molecule has 0 amide bonds. The summed E-state index contributed by atoms with van der Waals surface area (Å²) in [6.07, 6.45) is -3.84. The number of hydrogen-bond acceptors (Lipinski definition) is 12. The minimum atomic E-state index is -4.50. The van der Waals surface area contributed by atoms with Crippen molar-refractivity contribution in [2.45, 2.75) is 12.2 Å². The summed E-state index contributed by atoms with van der Waals surface area (Å²) in [7, 11) is -9.00. The normalized spacial score (nSPS) is 24.7. The maximum Gasteiger partial charge on any atom is 0.508 e. The molecule has 2 aliphatic rings. The zero-order chi connectivity index (χ0) is 17.1. The van der Waals surface area contributed by atoms with Gasteiger partial charge in [-0.1, -0.05) is 0 Å². The molecule has 2 saturated heterocycles. The molecule has 0 radical (unpaired) electrons.